The summed E-state index contributed by atoms with van der Waals surface area (Å²) < 4.78 is 64.7. The average molecular weight is 715 g/mol. The molecule has 3 aliphatic heterocycles. The maximum absolute atomic E-state index is 17.2. The van der Waals surface area contributed by atoms with Gasteiger partial charge in [-0.2, -0.15) is 15.2 Å². The second-order valence-corrected chi connectivity index (χ2v) is 14.6. The first-order chi connectivity index (χ1) is 23.4. The lowest BCUT2D eigenvalue weighted by molar-refractivity contribution is -0.147. The third-order valence-electron chi connectivity index (χ3n) is 9.69. The Morgan fingerprint density at radius 3 is 2.82 bits per heavy atom. The van der Waals surface area contributed by atoms with Crippen LogP contribution in [-0.2, 0) is 9.53 Å². The number of fused-ring (bicyclic) bond motifs is 2. The van der Waals surface area contributed by atoms with E-state index in [2.05, 4.69) is 9.88 Å². The van der Waals surface area contributed by atoms with E-state index in [9.17, 15) is 18.8 Å². The molecular formula is C34H34ClF3N6O4S. The minimum Gasteiger partial charge on any atom is -0.489 e. The predicted octanol–water partition coefficient (Wildman–Crippen LogP) is 6.64. The van der Waals surface area contributed by atoms with Crippen LogP contribution in [0.1, 0.15) is 45.6 Å². The molecule has 2 fully saturated rings. The monoisotopic (exact) mass is 714 g/mol. The number of nitriles is 1. The maximum atomic E-state index is 17.2. The SMILES string of the molecule is CC(C)C(=O)OCC(C)N1CCOc2c(Cl)c(-c3ccc(F)c4sc(N)c(C#N)c34)c(F)c3nc(OC[C@@]45CCCN4C[C@H](F)C5)nc1c23. The molecule has 0 aliphatic carbocycles. The minimum atomic E-state index is -0.977. The fourth-order valence-corrected chi connectivity index (χ4v) is 8.56. The molecular weight excluding hydrogens is 681 g/mol. The molecule has 0 radical (unpaired) electrons. The van der Waals surface area contributed by atoms with E-state index in [1.54, 1.807) is 13.8 Å². The van der Waals surface area contributed by atoms with Gasteiger partial charge in [-0.05, 0) is 37.9 Å². The molecule has 3 aliphatic rings. The summed E-state index contributed by atoms with van der Waals surface area (Å²) in [4.78, 5) is 25.5. The number of nitrogen functional groups attached to an aromatic ring is 1. The number of carbonyl (C=O) groups is 1. The second-order valence-electron chi connectivity index (χ2n) is 13.2. The predicted molar refractivity (Wildman–Crippen MR) is 181 cm³/mol. The van der Waals surface area contributed by atoms with Crippen molar-refractivity contribution in [2.75, 3.05) is 50.1 Å². The highest BCUT2D eigenvalue weighted by Gasteiger charge is 2.49. The number of nitrogens with two attached hydrogens (primary N) is 1. The fourth-order valence-electron chi connectivity index (χ4n) is 7.28. The van der Waals surface area contributed by atoms with Crippen LogP contribution in [0.2, 0.25) is 5.02 Å². The third kappa shape index (κ3) is 5.56. The molecule has 0 bridgehead atoms. The number of carbonyl (C=O) groups excluding carboxylic acids is 1. The Labute approximate surface area is 289 Å². The van der Waals surface area contributed by atoms with Crippen LogP contribution in [0.15, 0.2) is 12.1 Å². The highest BCUT2D eigenvalue weighted by atomic mass is 35.5. The van der Waals surface area contributed by atoms with E-state index >= 15 is 4.39 Å². The molecule has 7 rings (SSSR count). The number of aromatic nitrogens is 2. The van der Waals surface area contributed by atoms with E-state index in [0.717, 1.165) is 30.7 Å². The molecule has 4 aromatic rings. The number of alkyl halides is 1. The Bertz CT molecular complexity index is 2040. The van der Waals surface area contributed by atoms with Crippen molar-refractivity contribution >= 4 is 60.7 Å². The van der Waals surface area contributed by atoms with Crippen LogP contribution in [0.3, 0.4) is 0 Å². The second kappa shape index (κ2) is 12.7. The zero-order chi connectivity index (χ0) is 34.8. The number of hydrogen-bond donors (Lipinski definition) is 1. The number of ether oxygens (including phenoxy) is 3. The fraction of sp³-hybridized carbons (Fsp3) is 0.471. The van der Waals surface area contributed by atoms with Crippen molar-refractivity contribution in [3.8, 4) is 29.0 Å². The number of esters is 1. The third-order valence-corrected chi connectivity index (χ3v) is 11.1. The average Bonchev–Trinajstić information content (AvgIpc) is 3.66. The van der Waals surface area contributed by atoms with Crippen molar-refractivity contribution in [1.29, 1.82) is 5.26 Å². The van der Waals surface area contributed by atoms with Gasteiger partial charge in [0.15, 0.2) is 11.6 Å². The summed E-state index contributed by atoms with van der Waals surface area (Å²) in [6.45, 7) is 6.88. The van der Waals surface area contributed by atoms with E-state index in [1.165, 1.54) is 12.1 Å². The Morgan fingerprint density at radius 2 is 2.06 bits per heavy atom. The lowest BCUT2D eigenvalue weighted by Gasteiger charge is -2.31. The molecule has 0 saturated carbocycles. The van der Waals surface area contributed by atoms with Gasteiger partial charge < -0.3 is 24.8 Å². The zero-order valence-electron chi connectivity index (χ0n) is 27.1. The smallest absolute Gasteiger partial charge is 0.319 e. The molecule has 0 amide bonds. The molecule has 2 aromatic carbocycles. The van der Waals surface area contributed by atoms with Crippen molar-refractivity contribution in [3.05, 3.63) is 34.4 Å². The van der Waals surface area contributed by atoms with Gasteiger partial charge >= 0.3 is 12.0 Å². The summed E-state index contributed by atoms with van der Waals surface area (Å²) >= 11 is 7.87. The molecule has 2 aromatic heterocycles. The lowest BCUT2D eigenvalue weighted by atomic mass is 9.95. The molecule has 1 unspecified atom stereocenters. The number of benzene rings is 2. The molecule has 15 heteroatoms. The van der Waals surface area contributed by atoms with Gasteiger partial charge in [-0.15, -0.1) is 11.3 Å². The molecule has 10 nitrogen and oxygen atoms in total. The van der Waals surface area contributed by atoms with E-state index < -0.39 is 29.4 Å². The largest absolute Gasteiger partial charge is 0.489 e. The Kier molecular flexibility index (Phi) is 8.65. The minimum absolute atomic E-state index is 0.00305. The maximum Gasteiger partial charge on any atom is 0.319 e. The standard InChI is InChI=1S/C34H34ClF3N6O4S/c1-16(2)32(45)47-14-17(3)44-9-10-46-28-24-27(41-33(42-31(24)44)48-15-34-7-4-8-43(34)13-18(36)11-34)26(38)23(25(28)35)19-5-6-21(37)29-22(19)20(12-39)30(40)49-29/h5-6,16-18H,4,7-11,13-15,40H2,1-3H3/t17?,18-,34+/m1/s1. The van der Waals surface area contributed by atoms with Gasteiger partial charge in [0.2, 0.25) is 0 Å². The van der Waals surface area contributed by atoms with Crippen LogP contribution >= 0.6 is 22.9 Å². The summed E-state index contributed by atoms with van der Waals surface area (Å²) in [5.41, 5.74) is 5.38. The Hall–Kier alpha value is -4.06. The van der Waals surface area contributed by atoms with Crippen LogP contribution in [-0.4, -0.2) is 78.0 Å². The van der Waals surface area contributed by atoms with Crippen LogP contribution in [0.4, 0.5) is 24.0 Å². The van der Waals surface area contributed by atoms with Crippen molar-refractivity contribution in [2.45, 2.75) is 57.8 Å². The van der Waals surface area contributed by atoms with Gasteiger partial charge in [-0.1, -0.05) is 31.5 Å². The number of nitrogens with zero attached hydrogens (tertiary/aromatic N) is 5. The molecule has 2 N–H and O–H groups in total. The summed E-state index contributed by atoms with van der Waals surface area (Å²) in [7, 11) is 0. The van der Waals surface area contributed by atoms with Crippen LogP contribution < -0.4 is 20.1 Å². The number of rotatable bonds is 8. The van der Waals surface area contributed by atoms with Crippen molar-refractivity contribution < 1.29 is 32.2 Å². The van der Waals surface area contributed by atoms with E-state index in [1.807, 2.05) is 17.9 Å². The molecule has 3 atom stereocenters. The highest BCUT2D eigenvalue weighted by molar-refractivity contribution is 7.23. The molecule has 2 saturated heterocycles. The first-order valence-corrected chi connectivity index (χ1v) is 17.3. The summed E-state index contributed by atoms with van der Waals surface area (Å²) in [6, 6.07) is 3.96. The van der Waals surface area contributed by atoms with E-state index in [-0.39, 0.29) is 104 Å². The highest BCUT2D eigenvalue weighted by Crippen LogP contribution is 2.51. The number of hydrogen-bond acceptors (Lipinski definition) is 11. The number of anilines is 2. The first-order valence-electron chi connectivity index (χ1n) is 16.2. The van der Waals surface area contributed by atoms with Gasteiger partial charge in [-0.25, -0.2) is 13.2 Å². The topological polar surface area (TPSA) is 127 Å². The Balaban J connectivity index is 1.41. The summed E-state index contributed by atoms with van der Waals surface area (Å²) in [5, 5.41) is 10.2. The number of halogens is 4. The normalized spacial score (nSPS) is 21.1. The van der Waals surface area contributed by atoms with Gasteiger partial charge in [0, 0.05) is 23.9 Å². The van der Waals surface area contributed by atoms with Gasteiger partial charge in [0.1, 0.15) is 54.2 Å². The van der Waals surface area contributed by atoms with Gasteiger partial charge in [0.25, 0.3) is 0 Å². The van der Waals surface area contributed by atoms with Crippen molar-refractivity contribution in [3.63, 3.8) is 0 Å². The molecule has 258 valence electrons. The van der Waals surface area contributed by atoms with E-state index in [0.29, 0.717) is 13.0 Å². The van der Waals surface area contributed by atoms with Gasteiger partial charge in [0.05, 0.1) is 44.7 Å². The molecule has 0 spiro atoms. The van der Waals surface area contributed by atoms with Gasteiger partial charge in [-0.3, -0.25) is 9.69 Å². The van der Waals surface area contributed by atoms with Crippen LogP contribution in [0.25, 0.3) is 32.1 Å². The lowest BCUT2D eigenvalue weighted by Crippen LogP contribution is -2.43. The first kappa shape index (κ1) is 33.4. The zero-order valence-corrected chi connectivity index (χ0v) is 28.7. The summed E-state index contributed by atoms with van der Waals surface area (Å²) in [6.07, 6.45) is 0.988. The quantitative estimate of drug-likeness (QED) is 0.199. The Morgan fingerprint density at radius 1 is 1.27 bits per heavy atom. The van der Waals surface area contributed by atoms with Crippen molar-refractivity contribution in [2.24, 2.45) is 5.92 Å². The summed E-state index contributed by atoms with van der Waals surface area (Å²) in [5.74, 6) is -1.83. The number of thiophene rings is 1. The van der Waals surface area contributed by atoms with Crippen molar-refractivity contribution in [1.82, 2.24) is 14.9 Å². The molecule has 5 heterocycles. The van der Waals surface area contributed by atoms with Crippen LogP contribution in [0.5, 0.6) is 11.8 Å². The van der Waals surface area contributed by atoms with Crippen LogP contribution in [0, 0.1) is 28.9 Å². The van der Waals surface area contributed by atoms with E-state index in [4.69, 9.17) is 36.5 Å². The molecule has 49 heavy (non-hydrogen) atoms.